The lowest BCUT2D eigenvalue weighted by atomic mass is 9.98. The smallest absolute Gasteiger partial charge is 0.279 e. The van der Waals surface area contributed by atoms with Crippen LogP contribution in [0.3, 0.4) is 0 Å². The normalized spacial score (nSPS) is 29.9. The molecule has 2 heterocycles. The van der Waals surface area contributed by atoms with Gasteiger partial charge in [0.1, 0.15) is 0 Å². The van der Waals surface area contributed by atoms with Crippen molar-refractivity contribution in [2.75, 3.05) is 39.0 Å². The number of hydrogen-bond donors (Lipinski definition) is 2. The molecule has 0 amide bonds. The molecule has 1 unspecified atom stereocenters. The minimum atomic E-state index is -3.30. The van der Waals surface area contributed by atoms with E-state index in [4.69, 9.17) is 0 Å². The van der Waals surface area contributed by atoms with Crippen LogP contribution in [0.1, 0.15) is 32.6 Å². The quantitative estimate of drug-likeness (QED) is 0.767. The lowest BCUT2D eigenvalue weighted by molar-refractivity contribution is 0.268. The van der Waals surface area contributed by atoms with Crippen molar-refractivity contribution in [3.05, 3.63) is 0 Å². The molecule has 2 rings (SSSR count). The lowest BCUT2D eigenvalue weighted by Gasteiger charge is -2.32. The molecule has 0 aromatic carbocycles. The number of rotatable bonds is 6. The third kappa shape index (κ3) is 4.34. The highest BCUT2D eigenvalue weighted by Gasteiger charge is 2.33. The van der Waals surface area contributed by atoms with Gasteiger partial charge in [-0.05, 0) is 57.9 Å². The topological polar surface area (TPSA) is 61.4 Å². The average Bonchev–Trinajstić information content (AvgIpc) is 2.85. The van der Waals surface area contributed by atoms with Gasteiger partial charge in [0.2, 0.25) is 0 Å². The summed E-state index contributed by atoms with van der Waals surface area (Å²) < 4.78 is 29.2. The standard InChI is InChI=1S/C13H27N3O2S2/c1-13(6-3-9-19-13)11-15-20(17,18)16-7-4-12(5-8-16)10-14-2/h12,14-15H,3-11H2,1-2H3. The van der Waals surface area contributed by atoms with E-state index in [9.17, 15) is 8.42 Å². The molecule has 0 aromatic heterocycles. The van der Waals surface area contributed by atoms with Gasteiger partial charge in [0.15, 0.2) is 0 Å². The zero-order valence-electron chi connectivity index (χ0n) is 12.5. The van der Waals surface area contributed by atoms with E-state index in [1.54, 1.807) is 4.31 Å². The molecule has 0 aromatic rings. The fourth-order valence-corrected chi connectivity index (χ4v) is 5.66. The zero-order valence-corrected chi connectivity index (χ0v) is 14.2. The van der Waals surface area contributed by atoms with E-state index < -0.39 is 10.2 Å². The molecule has 1 atom stereocenters. The van der Waals surface area contributed by atoms with E-state index in [0.717, 1.165) is 31.6 Å². The first-order valence-electron chi connectivity index (χ1n) is 7.48. The second-order valence-electron chi connectivity index (χ2n) is 6.13. The summed E-state index contributed by atoms with van der Waals surface area (Å²) in [5.41, 5.74) is 0. The van der Waals surface area contributed by atoms with Crippen LogP contribution < -0.4 is 10.0 Å². The second-order valence-corrected chi connectivity index (χ2v) is 9.57. The molecule has 20 heavy (non-hydrogen) atoms. The monoisotopic (exact) mass is 321 g/mol. The number of hydrogen-bond acceptors (Lipinski definition) is 4. The maximum absolute atomic E-state index is 12.3. The van der Waals surface area contributed by atoms with Crippen molar-refractivity contribution in [1.29, 1.82) is 0 Å². The van der Waals surface area contributed by atoms with Crippen molar-refractivity contribution in [3.8, 4) is 0 Å². The summed E-state index contributed by atoms with van der Waals surface area (Å²) in [7, 11) is -1.35. The van der Waals surface area contributed by atoms with Gasteiger partial charge in [-0.1, -0.05) is 0 Å². The van der Waals surface area contributed by atoms with E-state index in [0.29, 0.717) is 25.6 Å². The molecule has 118 valence electrons. The van der Waals surface area contributed by atoms with Crippen molar-refractivity contribution in [2.45, 2.75) is 37.4 Å². The van der Waals surface area contributed by atoms with Crippen LogP contribution in [0, 0.1) is 5.92 Å². The largest absolute Gasteiger partial charge is 0.319 e. The minimum absolute atomic E-state index is 0.0809. The molecule has 5 nitrogen and oxygen atoms in total. The summed E-state index contributed by atoms with van der Waals surface area (Å²) in [5, 5.41) is 3.17. The Morgan fingerprint density at radius 2 is 2.05 bits per heavy atom. The summed E-state index contributed by atoms with van der Waals surface area (Å²) in [6.07, 6.45) is 4.20. The molecule has 0 spiro atoms. The number of nitrogens with zero attached hydrogens (tertiary/aromatic N) is 1. The molecular weight excluding hydrogens is 294 g/mol. The highest BCUT2D eigenvalue weighted by Crippen LogP contribution is 2.37. The number of piperidine rings is 1. The summed E-state index contributed by atoms with van der Waals surface area (Å²) in [4.78, 5) is 0. The van der Waals surface area contributed by atoms with Crippen LogP contribution in [0.25, 0.3) is 0 Å². The van der Waals surface area contributed by atoms with Crippen molar-refractivity contribution in [2.24, 2.45) is 5.92 Å². The predicted molar refractivity (Wildman–Crippen MR) is 85.2 cm³/mol. The summed E-state index contributed by atoms with van der Waals surface area (Å²) in [6, 6.07) is 0. The summed E-state index contributed by atoms with van der Waals surface area (Å²) in [5.74, 6) is 1.75. The predicted octanol–water partition coefficient (Wildman–Crippen LogP) is 1.04. The maximum atomic E-state index is 12.3. The molecule has 0 saturated carbocycles. The van der Waals surface area contributed by atoms with Crippen LogP contribution in [-0.4, -0.2) is 56.4 Å². The Morgan fingerprint density at radius 3 is 2.60 bits per heavy atom. The molecule has 0 bridgehead atoms. The molecule has 2 aliphatic heterocycles. The van der Waals surface area contributed by atoms with Crippen LogP contribution in [0.15, 0.2) is 0 Å². The first-order chi connectivity index (χ1) is 9.45. The molecule has 2 saturated heterocycles. The van der Waals surface area contributed by atoms with Crippen LogP contribution in [0.2, 0.25) is 0 Å². The lowest BCUT2D eigenvalue weighted by Crippen LogP contribution is -2.48. The van der Waals surface area contributed by atoms with Crippen LogP contribution >= 0.6 is 11.8 Å². The number of nitrogens with one attached hydrogen (secondary N) is 2. The van der Waals surface area contributed by atoms with Crippen LogP contribution in [0.5, 0.6) is 0 Å². The summed E-state index contributed by atoms with van der Waals surface area (Å²) >= 11 is 1.89. The Labute approximate surface area is 127 Å². The Morgan fingerprint density at radius 1 is 1.35 bits per heavy atom. The van der Waals surface area contributed by atoms with E-state index >= 15 is 0 Å². The van der Waals surface area contributed by atoms with Gasteiger partial charge in [-0.25, -0.2) is 4.72 Å². The Kier molecular flexibility index (Phi) is 5.76. The van der Waals surface area contributed by atoms with Crippen molar-refractivity contribution in [1.82, 2.24) is 14.3 Å². The van der Waals surface area contributed by atoms with Gasteiger partial charge < -0.3 is 5.32 Å². The van der Waals surface area contributed by atoms with Gasteiger partial charge in [-0.15, -0.1) is 0 Å². The highest BCUT2D eigenvalue weighted by atomic mass is 32.2. The molecular formula is C13H27N3O2S2. The molecule has 2 N–H and O–H groups in total. The van der Waals surface area contributed by atoms with E-state index in [2.05, 4.69) is 17.0 Å². The molecule has 0 aliphatic carbocycles. The van der Waals surface area contributed by atoms with Gasteiger partial charge in [-0.2, -0.15) is 24.5 Å². The minimum Gasteiger partial charge on any atom is -0.319 e. The first kappa shape index (κ1) is 16.5. The highest BCUT2D eigenvalue weighted by molar-refractivity contribution is 8.00. The fraction of sp³-hybridized carbons (Fsp3) is 1.00. The zero-order chi connectivity index (χ0) is 14.6. The second kappa shape index (κ2) is 6.96. The molecule has 0 radical (unpaired) electrons. The third-order valence-electron chi connectivity index (χ3n) is 4.34. The van der Waals surface area contributed by atoms with Crippen molar-refractivity contribution >= 4 is 22.0 Å². The Balaban J connectivity index is 1.82. The molecule has 7 heteroatoms. The average molecular weight is 322 g/mol. The SMILES string of the molecule is CNCC1CCN(S(=O)(=O)NCC2(C)CCCS2)CC1. The Bertz CT molecular complexity index is 400. The van der Waals surface area contributed by atoms with Crippen LogP contribution in [-0.2, 0) is 10.2 Å². The van der Waals surface area contributed by atoms with Crippen LogP contribution in [0.4, 0.5) is 0 Å². The van der Waals surface area contributed by atoms with Gasteiger partial charge >= 0.3 is 0 Å². The Hall–Kier alpha value is 0.180. The fourth-order valence-electron chi connectivity index (χ4n) is 2.95. The molecule has 2 aliphatic rings. The summed E-state index contributed by atoms with van der Waals surface area (Å²) in [6.45, 7) is 4.98. The van der Waals surface area contributed by atoms with Gasteiger partial charge in [0, 0.05) is 24.4 Å². The maximum Gasteiger partial charge on any atom is 0.279 e. The van der Waals surface area contributed by atoms with Gasteiger partial charge in [-0.3, -0.25) is 0 Å². The van der Waals surface area contributed by atoms with E-state index in [-0.39, 0.29) is 4.75 Å². The van der Waals surface area contributed by atoms with Crippen molar-refractivity contribution in [3.63, 3.8) is 0 Å². The first-order valence-corrected chi connectivity index (χ1v) is 9.91. The van der Waals surface area contributed by atoms with E-state index in [1.807, 2.05) is 18.8 Å². The van der Waals surface area contributed by atoms with E-state index in [1.165, 1.54) is 6.42 Å². The number of thioether (sulfide) groups is 1. The van der Waals surface area contributed by atoms with Crippen molar-refractivity contribution < 1.29 is 8.42 Å². The molecule has 2 fully saturated rings. The third-order valence-corrected chi connectivity index (χ3v) is 7.43. The van der Waals surface area contributed by atoms with Gasteiger partial charge in [0.05, 0.1) is 0 Å². The van der Waals surface area contributed by atoms with Gasteiger partial charge in [0.25, 0.3) is 10.2 Å².